The topological polar surface area (TPSA) is 200 Å². The second-order valence-electron chi connectivity index (χ2n) is 9.62. The Kier molecular flexibility index (Phi) is 10.6. The number of rotatable bonds is 13. The number of nitrogens with two attached hydrogens (primary N) is 1. The summed E-state index contributed by atoms with van der Waals surface area (Å²) in [6.45, 7) is 6.79. The summed E-state index contributed by atoms with van der Waals surface area (Å²) in [5.74, 6) is -3.67. The van der Waals surface area contributed by atoms with Gasteiger partial charge in [0.1, 0.15) is 23.9 Å². The Morgan fingerprint density at radius 2 is 1.49 bits per heavy atom. The smallest absolute Gasteiger partial charge is 0.326 e. The molecule has 0 saturated carbocycles. The molecule has 0 bridgehead atoms. The Bertz CT molecular complexity index is 1050. The molecule has 0 aliphatic rings. The Morgan fingerprint density at radius 3 is 2.00 bits per heavy atom. The van der Waals surface area contributed by atoms with E-state index in [4.69, 9.17) is 5.73 Å². The summed E-state index contributed by atoms with van der Waals surface area (Å²) in [6, 6.07) is 2.04. The van der Waals surface area contributed by atoms with Crippen molar-refractivity contribution in [1.29, 1.82) is 0 Å². The second-order valence-corrected chi connectivity index (χ2v) is 9.62. The first-order valence-electron chi connectivity index (χ1n) is 12.0. The standard InChI is InChI=1S/C25H36N6O6/c1-13(2)20(30-22(33)18(26)9-15-5-7-17(32)8-6-15)24(35)29-19(10-16-11-27-12-28-16)23(34)31-21(14(3)4)25(36)37/h5-8,11-14,18-21,32H,9-10,26H2,1-4H3,(H,27,28)(H,29,35)(H,30,33)(H,31,34)(H,36,37). The lowest BCUT2D eigenvalue weighted by Crippen LogP contribution is -2.59. The maximum absolute atomic E-state index is 13.2. The number of aromatic nitrogens is 2. The summed E-state index contributed by atoms with van der Waals surface area (Å²) in [4.78, 5) is 57.4. The first kappa shape index (κ1) is 29.3. The van der Waals surface area contributed by atoms with Gasteiger partial charge in [-0.15, -0.1) is 0 Å². The van der Waals surface area contributed by atoms with Crippen molar-refractivity contribution in [3.63, 3.8) is 0 Å². The van der Waals surface area contributed by atoms with Gasteiger partial charge in [-0.3, -0.25) is 14.4 Å². The number of carboxylic acids is 1. The number of aromatic amines is 1. The molecule has 0 spiro atoms. The van der Waals surface area contributed by atoms with Crippen LogP contribution in [0.2, 0.25) is 0 Å². The number of carbonyl (C=O) groups is 4. The van der Waals surface area contributed by atoms with Gasteiger partial charge in [-0.05, 0) is 36.0 Å². The van der Waals surface area contributed by atoms with E-state index in [2.05, 4.69) is 25.9 Å². The molecule has 4 atom stereocenters. The number of hydrogen-bond acceptors (Lipinski definition) is 7. The van der Waals surface area contributed by atoms with E-state index in [-0.39, 0.29) is 30.4 Å². The number of aliphatic carboxylic acids is 1. The minimum Gasteiger partial charge on any atom is -0.508 e. The maximum atomic E-state index is 13.2. The van der Waals surface area contributed by atoms with Crippen LogP contribution in [0.5, 0.6) is 5.75 Å². The number of aromatic hydroxyl groups is 1. The van der Waals surface area contributed by atoms with Gasteiger partial charge < -0.3 is 36.9 Å². The molecule has 0 aliphatic heterocycles. The van der Waals surface area contributed by atoms with E-state index in [0.29, 0.717) is 5.69 Å². The quantitative estimate of drug-likeness (QED) is 0.194. The van der Waals surface area contributed by atoms with Crippen molar-refractivity contribution in [2.75, 3.05) is 0 Å². The third kappa shape index (κ3) is 8.90. The molecule has 0 radical (unpaired) electrons. The predicted molar refractivity (Wildman–Crippen MR) is 135 cm³/mol. The monoisotopic (exact) mass is 516 g/mol. The molecule has 37 heavy (non-hydrogen) atoms. The molecule has 12 heteroatoms. The van der Waals surface area contributed by atoms with Gasteiger partial charge in [-0.25, -0.2) is 9.78 Å². The largest absolute Gasteiger partial charge is 0.508 e. The zero-order valence-corrected chi connectivity index (χ0v) is 21.4. The summed E-state index contributed by atoms with van der Waals surface area (Å²) in [7, 11) is 0. The molecule has 0 saturated heterocycles. The van der Waals surface area contributed by atoms with E-state index in [1.54, 1.807) is 39.8 Å². The average molecular weight is 517 g/mol. The van der Waals surface area contributed by atoms with Gasteiger partial charge in [0.2, 0.25) is 17.7 Å². The van der Waals surface area contributed by atoms with E-state index in [1.165, 1.54) is 24.7 Å². The molecule has 8 N–H and O–H groups in total. The number of imidazole rings is 1. The number of amides is 3. The van der Waals surface area contributed by atoms with Gasteiger partial charge >= 0.3 is 5.97 Å². The van der Waals surface area contributed by atoms with Gasteiger partial charge in [-0.2, -0.15) is 0 Å². The molecule has 12 nitrogen and oxygen atoms in total. The van der Waals surface area contributed by atoms with Crippen LogP contribution in [-0.2, 0) is 32.0 Å². The van der Waals surface area contributed by atoms with Crippen molar-refractivity contribution >= 4 is 23.7 Å². The lowest BCUT2D eigenvalue weighted by atomic mass is 10.00. The fourth-order valence-corrected chi connectivity index (χ4v) is 3.63. The van der Waals surface area contributed by atoms with Crippen molar-refractivity contribution in [3.8, 4) is 5.75 Å². The van der Waals surface area contributed by atoms with Crippen LogP contribution in [0, 0.1) is 11.8 Å². The maximum Gasteiger partial charge on any atom is 0.326 e. The number of hydrogen-bond donors (Lipinski definition) is 7. The van der Waals surface area contributed by atoms with Crippen LogP contribution >= 0.6 is 0 Å². The zero-order valence-electron chi connectivity index (χ0n) is 21.4. The summed E-state index contributed by atoms with van der Waals surface area (Å²) >= 11 is 0. The van der Waals surface area contributed by atoms with Crippen molar-refractivity contribution in [2.24, 2.45) is 17.6 Å². The molecule has 0 aliphatic carbocycles. The summed E-state index contributed by atoms with van der Waals surface area (Å²) < 4.78 is 0. The van der Waals surface area contributed by atoms with Gasteiger partial charge in [-0.1, -0.05) is 39.8 Å². The summed E-state index contributed by atoms with van der Waals surface area (Å²) in [5, 5.41) is 26.7. The minimum absolute atomic E-state index is 0.0289. The second kappa shape index (κ2) is 13.4. The minimum atomic E-state index is -1.19. The highest BCUT2D eigenvalue weighted by molar-refractivity contribution is 5.94. The molecule has 2 rings (SSSR count). The molecule has 0 fully saturated rings. The van der Waals surface area contributed by atoms with E-state index in [0.717, 1.165) is 5.56 Å². The number of carboxylic acid groups (broad SMARTS) is 1. The van der Waals surface area contributed by atoms with Gasteiger partial charge in [0.25, 0.3) is 0 Å². The van der Waals surface area contributed by atoms with Crippen molar-refractivity contribution in [3.05, 3.63) is 48.0 Å². The molecule has 4 unspecified atom stereocenters. The van der Waals surface area contributed by atoms with Crippen LogP contribution in [0.1, 0.15) is 39.0 Å². The van der Waals surface area contributed by atoms with Crippen LogP contribution in [0.4, 0.5) is 0 Å². The highest BCUT2D eigenvalue weighted by atomic mass is 16.4. The third-order valence-electron chi connectivity index (χ3n) is 5.82. The molecule has 1 aromatic heterocycles. The molecular formula is C25H36N6O6. The fraction of sp³-hybridized carbons (Fsp3) is 0.480. The van der Waals surface area contributed by atoms with Gasteiger partial charge in [0.15, 0.2) is 0 Å². The predicted octanol–water partition coefficient (Wildman–Crippen LogP) is 0.0788. The van der Waals surface area contributed by atoms with Crippen LogP contribution in [-0.4, -0.2) is 68.0 Å². The lowest BCUT2D eigenvalue weighted by Gasteiger charge is -2.27. The lowest BCUT2D eigenvalue weighted by molar-refractivity contribution is -0.143. The van der Waals surface area contributed by atoms with Crippen LogP contribution in [0.15, 0.2) is 36.8 Å². The Morgan fingerprint density at radius 1 is 0.892 bits per heavy atom. The number of H-pyrrole nitrogens is 1. The molecule has 202 valence electrons. The van der Waals surface area contributed by atoms with Crippen molar-refractivity contribution in [1.82, 2.24) is 25.9 Å². The summed E-state index contributed by atoms with van der Waals surface area (Å²) in [5.41, 5.74) is 7.34. The SMILES string of the molecule is CC(C)C(NC(=O)C(Cc1cnc[nH]1)NC(=O)C(NC(=O)C(N)Cc1ccc(O)cc1)C(C)C)C(=O)O. The van der Waals surface area contributed by atoms with Crippen LogP contribution in [0.25, 0.3) is 0 Å². The first-order valence-corrected chi connectivity index (χ1v) is 12.0. The summed E-state index contributed by atoms with van der Waals surface area (Å²) in [6.07, 6.45) is 3.14. The number of phenols is 1. The highest BCUT2D eigenvalue weighted by Gasteiger charge is 2.32. The van der Waals surface area contributed by atoms with Crippen LogP contribution in [0.3, 0.4) is 0 Å². The zero-order chi connectivity index (χ0) is 27.7. The Labute approximate surface area is 215 Å². The Balaban J connectivity index is 2.14. The number of phenolic OH excluding ortho intramolecular Hbond substituents is 1. The number of benzene rings is 1. The molecule has 2 aromatic rings. The number of nitrogens with one attached hydrogen (secondary N) is 4. The molecular weight excluding hydrogens is 480 g/mol. The van der Waals surface area contributed by atoms with Crippen LogP contribution < -0.4 is 21.7 Å². The normalized spacial score (nSPS) is 14.5. The first-order chi connectivity index (χ1) is 17.4. The van der Waals surface area contributed by atoms with E-state index >= 15 is 0 Å². The molecule has 1 aromatic carbocycles. The van der Waals surface area contributed by atoms with Gasteiger partial charge in [0.05, 0.1) is 12.4 Å². The average Bonchev–Trinajstić information content (AvgIpc) is 3.34. The van der Waals surface area contributed by atoms with E-state index < -0.39 is 47.9 Å². The molecule has 3 amide bonds. The fourth-order valence-electron chi connectivity index (χ4n) is 3.63. The van der Waals surface area contributed by atoms with Crippen molar-refractivity contribution < 1.29 is 29.4 Å². The molecule has 1 heterocycles. The van der Waals surface area contributed by atoms with Crippen molar-refractivity contribution in [2.45, 2.75) is 64.7 Å². The van der Waals surface area contributed by atoms with Gasteiger partial charge in [0, 0.05) is 18.3 Å². The highest BCUT2D eigenvalue weighted by Crippen LogP contribution is 2.12. The third-order valence-corrected chi connectivity index (χ3v) is 5.82. The number of nitrogens with zero attached hydrogens (tertiary/aromatic N) is 1. The number of carbonyl (C=O) groups excluding carboxylic acids is 3. The van der Waals surface area contributed by atoms with E-state index in [1.807, 2.05) is 0 Å². The van der Waals surface area contributed by atoms with E-state index in [9.17, 15) is 29.4 Å². The Hall–Kier alpha value is -3.93.